The number of nitrogens with zero attached hydrogens (tertiary/aromatic N) is 3. The molecule has 0 spiro atoms. The van der Waals surface area contributed by atoms with Gasteiger partial charge in [-0.15, -0.1) is 0 Å². The average Bonchev–Trinajstić information content (AvgIpc) is 3.00. The molecule has 0 fully saturated rings. The van der Waals surface area contributed by atoms with Crippen molar-refractivity contribution in [3.05, 3.63) is 58.8 Å². The number of aromatic nitrogens is 1. The highest BCUT2D eigenvalue weighted by Gasteiger charge is 2.11. The van der Waals surface area contributed by atoms with E-state index in [1.807, 2.05) is 63.2 Å². The molecule has 3 aromatic rings. The molecule has 25 heavy (non-hydrogen) atoms. The quantitative estimate of drug-likeness (QED) is 0.700. The third-order valence-electron chi connectivity index (χ3n) is 4.10. The van der Waals surface area contributed by atoms with E-state index in [0.717, 1.165) is 33.5 Å². The second-order valence-electron chi connectivity index (χ2n) is 5.88. The molecule has 5 nitrogen and oxygen atoms in total. The predicted molar refractivity (Wildman–Crippen MR) is 96.6 cm³/mol. The lowest BCUT2D eigenvalue weighted by atomic mass is 10.1. The number of fused-ring (bicyclic) bond motifs is 1. The summed E-state index contributed by atoms with van der Waals surface area (Å²) in [6, 6.07) is 13.4. The van der Waals surface area contributed by atoms with Gasteiger partial charge in [-0.25, -0.2) is 4.98 Å². The second-order valence-corrected chi connectivity index (χ2v) is 5.88. The maximum atomic E-state index is 8.83. The number of nitriles is 2. The van der Waals surface area contributed by atoms with Gasteiger partial charge in [-0.05, 0) is 61.7 Å². The monoisotopic (exact) mass is 328 g/mol. The van der Waals surface area contributed by atoms with Crippen LogP contribution in [0.2, 0.25) is 0 Å². The van der Waals surface area contributed by atoms with Crippen LogP contribution in [0.5, 0.6) is 0 Å². The van der Waals surface area contributed by atoms with Gasteiger partial charge in [0.2, 0.25) is 5.89 Å². The molecule has 5 heteroatoms. The van der Waals surface area contributed by atoms with Gasteiger partial charge in [0.05, 0.1) is 0 Å². The van der Waals surface area contributed by atoms with Crippen molar-refractivity contribution in [1.82, 2.24) is 4.98 Å². The highest BCUT2D eigenvalue weighted by atomic mass is 16.3. The molecular formula is C20H16N4O. The van der Waals surface area contributed by atoms with Gasteiger partial charge in [0.15, 0.2) is 5.58 Å². The highest BCUT2D eigenvalue weighted by molar-refractivity contribution is 5.78. The fraction of sp³-hybridized carbons (Fsp3) is 0.150. The zero-order chi connectivity index (χ0) is 18.0. The molecular weight excluding hydrogens is 312 g/mol. The summed E-state index contributed by atoms with van der Waals surface area (Å²) in [4.78, 5) is 4.57. The molecule has 0 radical (unpaired) electrons. The van der Waals surface area contributed by atoms with E-state index in [0.29, 0.717) is 5.89 Å². The highest BCUT2D eigenvalue weighted by Crippen LogP contribution is 2.29. The number of hydrogen-bond acceptors (Lipinski definition) is 5. The first-order chi connectivity index (χ1) is 12.0. The van der Waals surface area contributed by atoms with E-state index in [2.05, 4.69) is 10.3 Å². The van der Waals surface area contributed by atoms with Crippen molar-refractivity contribution in [2.75, 3.05) is 5.32 Å². The molecule has 122 valence electrons. The van der Waals surface area contributed by atoms with Crippen LogP contribution in [-0.4, -0.2) is 4.98 Å². The lowest BCUT2D eigenvalue weighted by Crippen LogP contribution is -1.93. The van der Waals surface area contributed by atoms with E-state index < -0.39 is 0 Å². The van der Waals surface area contributed by atoms with Crippen LogP contribution in [0.4, 0.5) is 5.69 Å². The van der Waals surface area contributed by atoms with E-state index in [1.54, 1.807) is 0 Å². The van der Waals surface area contributed by atoms with Gasteiger partial charge in [-0.2, -0.15) is 10.5 Å². The van der Waals surface area contributed by atoms with Crippen molar-refractivity contribution in [2.45, 2.75) is 20.8 Å². The summed E-state index contributed by atoms with van der Waals surface area (Å²) in [6.07, 6.45) is 1.39. The summed E-state index contributed by atoms with van der Waals surface area (Å²) in [7, 11) is 0. The van der Waals surface area contributed by atoms with Crippen LogP contribution in [0.15, 0.2) is 46.5 Å². The number of rotatable bonds is 3. The normalized spacial score (nSPS) is 10.1. The lowest BCUT2D eigenvalue weighted by Gasteiger charge is -2.07. The summed E-state index contributed by atoms with van der Waals surface area (Å²) >= 11 is 0. The maximum Gasteiger partial charge on any atom is 0.227 e. The van der Waals surface area contributed by atoms with Gasteiger partial charge in [0.1, 0.15) is 23.2 Å². The zero-order valence-corrected chi connectivity index (χ0v) is 14.2. The SMILES string of the molecule is Cc1cc2nc(-c3ccc(C)c(NC=C(C#N)C#N)c3)oc2cc1C. The van der Waals surface area contributed by atoms with Crippen LogP contribution in [0.3, 0.4) is 0 Å². The lowest BCUT2D eigenvalue weighted by molar-refractivity contribution is 0.619. The Labute approximate surface area is 145 Å². The number of hydrogen-bond donors (Lipinski definition) is 1. The third-order valence-corrected chi connectivity index (χ3v) is 4.10. The molecule has 1 N–H and O–H groups in total. The minimum absolute atomic E-state index is 0.0117. The fourth-order valence-electron chi connectivity index (χ4n) is 2.45. The summed E-state index contributed by atoms with van der Waals surface area (Å²) in [5.74, 6) is 0.535. The van der Waals surface area contributed by atoms with Gasteiger partial charge in [0.25, 0.3) is 0 Å². The Bertz CT molecular complexity index is 1020. The first-order valence-corrected chi connectivity index (χ1v) is 7.77. The van der Waals surface area contributed by atoms with E-state index in [9.17, 15) is 0 Å². The van der Waals surface area contributed by atoms with E-state index >= 15 is 0 Å². The van der Waals surface area contributed by atoms with Crippen LogP contribution in [-0.2, 0) is 0 Å². The standard InChI is InChI=1S/C20H16N4O/c1-12-4-5-16(8-17(12)23-11-15(9-21)10-22)20-24-18-6-13(2)14(3)7-19(18)25-20/h4-8,11,23H,1-3H3. The number of nitrogens with one attached hydrogen (secondary N) is 1. The van der Waals surface area contributed by atoms with Crippen LogP contribution in [0, 0.1) is 43.4 Å². The van der Waals surface area contributed by atoms with Crippen molar-refractivity contribution >= 4 is 16.8 Å². The summed E-state index contributed by atoms with van der Waals surface area (Å²) < 4.78 is 5.89. The largest absolute Gasteiger partial charge is 0.436 e. The van der Waals surface area contributed by atoms with Gasteiger partial charge in [0, 0.05) is 17.5 Å². The van der Waals surface area contributed by atoms with E-state index in [1.165, 1.54) is 11.8 Å². The van der Waals surface area contributed by atoms with Gasteiger partial charge >= 0.3 is 0 Å². The molecule has 3 rings (SSSR count). The average molecular weight is 328 g/mol. The maximum absolute atomic E-state index is 8.83. The van der Waals surface area contributed by atoms with E-state index in [4.69, 9.17) is 14.9 Å². The van der Waals surface area contributed by atoms with Gasteiger partial charge in [-0.1, -0.05) is 6.07 Å². The molecule has 1 aromatic heterocycles. The molecule has 0 unspecified atom stereocenters. The molecule has 1 heterocycles. The Kier molecular flexibility index (Phi) is 4.24. The van der Waals surface area contributed by atoms with Gasteiger partial charge < -0.3 is 9.73 Å². The van der Waals surface area contributed by atoms with Crippen LogP contribution in [0.25, 0.3) is 22.6 Å². The van der Waals surface area contributed by atoms with Crippen molar-refractivity contribution in [3.8, 4) is 23.6 Å². The molecule has 2 aromatic carbocycles. The van der Waals surface area contributed by atoms with Crippen molar-refractivity contribution in [2.24, 2.45) is 0 Å². The zero-order valence-electron chi connectivity index (χ0n) is 14.2. The van der Waals surface area contributed by atoms with Crippen molar-refractivity contribution in [1.29, 1.82) is 10.5 Å². The Morgan fingerprint density at radius 1 is 1.04 bits per heavy atom. The van der Waals surface area contributed by atoms with Gasteiger partial charge in [-0.3, -0.25) is 0 Å². The van der Waals surface area contributed by atoms with Crippen molar-refractivity contribution in [3.63, 3.8) is 0 Å². The molecule has 0 aliphatic heterocycles. The fourth-order valence-corrected chi connectivity index (χ4v) is 2.45. The summed E-state index contributed by atoms with van der Waals surface area (Å²) in [5.41, 5.74) is 6.51. The molecule has 0 saturated heterocycles. The first kappa shape index (κ1) is 16.3. The third kappa shape index (κ3) is 3.22. The predicted octanol–water partition coefficient (Wildman–Crippen LogP) is 4.76. The van der Waals surface area contributed by atoms with Crippen LogP contribution >= 0.6 is 0 Å². The number of oxazole rings is 1. The minimum Gasteiger partial charge on any atom is -0.436 e. The number of benzene rings is 2. The Morgan fingerprint density at radius 2 is 1.76 bits per heavy atom. The molecule has 0 aliphatic rings. The smallest absolute Gasteiger partial charge is 0.227 e. The Balaban J connectivity index is 2.01. The second kappa shape index (κ2) is 6.51. The molecule has 0 aliphatic carbocycles. The molecule has 0 atom stereocenters. The van der Waals surface area contributed by atoms with Crippen LogP contribution < -0.4 is 5.32 Å². The minimum atomic E-state index is 0.0117. The number of anilines is 1. The van der Waals surface area contributed by atoms with E-state index in [-0.39, 0.29) is 5.57 Å². The molecule has 0 bridgehead atoms. The number of allylic oxidation sites excluding steroid dienone is 1. The van der Waals surface area contributed by atoms with Crippen LogP contribution in [0.1, 0.15) is 16.7 Å². The Morgan fingerprint density at radius 3 is 2.48 bits per heavy atom. The topological polar surface area (TPSA) is 85.6 Å². The first-order valence-electron chi connectivity index (χ1n) is 7.77. The molecule has 0 amide bonds. The number of aryl methyl sites for hydroxylation is 3. The van der Waals surface area contributed by atoms with Crippen molar-refractivity contribution < 1.29 is 4.42 Å². The summed E-state index contributed by atoms with van der Waals surface area (Å²) in [6.45, 7) is 6.03. The molecule has 0 saturated carbocycles. The Hall–Kier alpha value is -3.57. The summed E-state index contributed by atoms with van der Waals surface area (Å²) in [5, 5.41) is 20.7.